The van der Waals surface area contributed by atoms with Crippen molar-refractivity contribution in [3.8, 4) is 11.4 Å². The molecule has 2 N–H and O–H groups in total. The lowest BCUT2D eigenvalue weighted by atomic mass is 10.1. The van der Waals surface area contributed by atoms with E-state index in [4.69, 9.17) is 5.14 Å². The number of hydrogen-bond acceptors (Lipinski definition) is 6. The summed E-state index contributed by atoms with van der Waals surface area (Å²) in [6, 6.07) is 7.15. The first kappa shape index (κ1) is 15.5. The minimum atomic E-state index is -3.62. The van der Waals surface area contributed by atoms with E-state index >= 15 is 0 Å². The number of anilines is 1. The van der Waals surface area contributed by atoms with Crippen LogP contribution >= 0.6 is 0 Å². The van der Waals surface area contributed by atoms with Gasteiger partial charge in [0.15, 0.2) is 0 Å². The van der Waals surface area contributed by atoms with Crippen molar-refractivity contribution in [3.05, 3.63) is 36.7 Å². The van der Waals surface area contributed by atoms with Gasteiger partial charge in [0.25, 0.3) is 0 Å². The minimum absolute atomic E-state index is 0.119. The van der Waals surface area contributed by atoms with Gasteiger partial charge in [-0.1, -0.05) is 6.07 Å². The van der Waals surface area contributed by atoms with Crippen molar-refractivity contribution in [2.24, 2.45) is 11.1 Å². The van der Waals surface area contributed by atoms with Gasteiger partial charge in [-0.15, -0.1) is 0 Å². The second kappa shape index (κ2) is 6.01. The van der Waals surface area contributed by atoms with E-state index in [2.05, 4.69) is 15.0 Å². The topological polar surface area (TPSA) is 119 Å². The van der Waals surface area contributed by atoms with Crippen molar-refractivity contribution in [1.82, 2.24) is 15.0 Å². The Bertz CT molecular complexity index is 825. The highest BCUT2D eigenvalue weighted by Crippen LogP contribution is 2.24. The molecule has 0 spiro atoms. The number of carbonyl (C=O) groups excluding carboxylic acids is 1. The second-order valence-electron chi connectivity index (χ2n) is 5.36. The molecule has 0 aromatic carbocycles. The van der Waals surface area contributed by atoms with Crippen molar-refractivity contribution in [3.63, 3.8) is 0 Å². The number of nitrogens with zero attached hydrogens (tertiary/aromatic N) is 4. The van der Waals surface area contributed by atoms with Crippen LogP contribution in [0, 0.1) is 5.92 Å². The highest BCUT2D eigenvalue weighted by Gasteiger charge is 2.34. The molecule has 1 aliphatic rings. The van der Waals surface area contributed by atoms with Crippen LogP contribution in [0.1, 0.15) is 6.42 Å². The summed E-state index contributed by atoms with van der Waals surface area (Å²) in [6.45, 7) is 0.237. The highest BCUT2D eigenvalue weighted by atomic mass is 32.2. The van der Waals surface area contributed by atoms with E-state index < -0.39 is 10.0 Å². The van der Waals surface area contributed by atoms with Crippen molar-refractivity contribution in [1.29, 1.82) is 0 Å². The zero-order valence-electron chi connectivity index (χ0n) is 12.2. The van der Waals surface area contributed by atoms with Crippen molar-refractivity contribution in [2.45, 2.75) is 6.42 Å². The smallest absolute Gasteiger partial charge is 0.232 e. The van der Waals surface area contributed by atoms with Crippen molar-refractivity contribution in [2.75, 3.05) is 17.2 Å². The summed E-state index contributed by atoms with van der Waals surface area (Å²) in [6.07, 6.45) is 3.32. The molecule has 23 heavy (non-hydrogen) atoms. The molecule has 0 aliphatic carbocycles. The third kappa shape index (κ3) is 3.69. The van der Waals surface area contributed by atoms with Crippen LogP contribution in [0.2, 0.25) is 0 Å². The van der Waals surface area contributed by atoms with Gasteiger partial charge in [0.05, 0.1) is 17.1 Å². The molecule has 1 unspecified atom stereocenters. The number of carbonyl (C=O) groups is 1. The maximum Gasteiger partial charge on any atom is 0.232 e. The average Bonchev–Trinajstić information content (AvgIpc) is 2.87. The Labute approximate surface area is 133 Å². The molecule has 2 aromatic rings. The Balaban J connectivity index is 1.84. The van der Waals surface area contributed by atoms with E-state index in [1.807, 2.05) is 12.1 Å². The van der Waals surface area contributed by atoms with Crippen LogP contribution in [0.4, 0.5) is 5.95 Å². The first-order valence-electron chi connectivity index (χ1n) is 6.98. The number of aromatic nitrogens is 3. The molecule has 0 radical (unpaired) electrons. The number of hydrogen-bond donors (Lipinski definition) is 1. The highest BCUT2D eigenvalue weighted by molar-refractivity contribution is 7.89. The van der Waals surface area contributed by atoms with Crippen LogP contribution in [-0.2, 0) is 14.8 Å². The molecule has 120 valence electrons. The fourth-order valence-electron chi connectivity index (χ4n) is 2.55. The number of pyridine rings is 1. The SMILES string of the molecule is NS(=O)(=O)CC1CC(=O)N(c2nccc(-c3ccccn3)n2)C1. The van der Waals surface area contributed by atoms with E-state index in [1.54, 1.807) is 24.5 Å². The average molecular weight is 333 g/mol. The maximum atomic E-state index is 12.1. The summed E-state index contributed by atoms with van der Waals surface area (Å²) in [4.78, 5) is 26.2. The Morgan fingerprint density at radius 3 is 2.70 bits per heavy atom. The first-order valence-corrected chi connectivity index (χ1v) is 8.69. The Kier molecular flexibility index (Phi) is 4.05. The predicted octanol–water partition coefficient (Wildman–Crippen LogP) is 0.180. The first-order chi connectivity index (χ1) is 10.9. The third-order valence-electron chi connectivity index (χ3n) is 3.48. The van der Waals surface area contributed by atoms with E-state index in [9.17, 15) is 13.2 Å². The van der Waals surface area contributed by atoms with Gasteiger partial charge in [0, 0.05) is 31.3 Å². The summed E-state index contributed by atoms with van der Waals surface area (Å²) in [5, 5.41) is 5.05. The van der Waals surface area contributed by atoms with Crippen molar-refractivity contribution < 1.29 is 13.2 Å². The molecule has 0 saturated carbocycles. The molecule has 1 atom stereocenters. The van der Waals surface area contributed by atoms with Crippen LogP contribution < -0.4 is 10.0 Å². The lowest BCUT2D eigenvalue weighted by molar-refractivity contribution is -0.117. The molecule has 3 heterocycles. The summed E-state index contributed by atoms with van der Waals surface area (Å²) in [5.41, 5.74) is 1.27. The van der Waals surface area contributed by atoms with Gasteiger partial charge < -0.3 is 0 Å². The van der Waals surface area contributed by atoms with Crippen molar-refractivity contribution >= 4 is 21.9 Å². The van der Waals surface area contributed by atoms with E-state index in [1.165, 1.54) is 4.90 Å². The molecule has 8 nitrogen and oxygen atoms in total. The summed E-state index contributed by atoms with van der Waals surface area (Å²) in [7, 11) is -3.62. The fraction of sp³-hybridized carbons (Fsp3) is 0.286. The molecular formula is C14H15N5O3S. The molecule has 9 heteroatoms. The molecule has 1 saturated heterocycles. The largest absolute Gasteiger partial charge is 0.280 e. The van der Waals surface area contributed by atoms with Crippen LogP contribution in [0.25, 0.3) is 11.4 Å². The third-order valence-corrected chi connectivity index (χ3v) is 4.42. The summed E-state index contributed by atoms with van der Waals surface area (Å²) >= 11 is 0. The van der Waals surface area contributed by atoms with Gasteiger partial charge in [-0.2, -0.15) is 0 Å². The van der Waals surface area contributed by atoms with E-state index in [0.717, 1.165) is 0 Å². The van der Waals surface area contributed by atoms with Gasteiger partial charge in [0.2, 0.25) is 21.9 Å². The molecule has 1 fully saturated rings. The predicted molar refractivity (Wildman–Crippen MR) is 83.7 cm³/mol. The molecule has 1 aliphatic heterocycles. The minimum Gasteiger partial charge on any atom is -0.280 e. The molecular weight excluding hydrogens is 318 g/mol. The van der Waals surface area contributed by atoms with Crippen LogP contribution in [0.3, 0.4) is 0 Å². The lowest BCUT2D eigenvalue weighted by Gasteiger charge is -2.14. The Hall–Kier alpha value is -2.39. The Morgan fingerprint density at radius 1 is 1.17 bits per heavy atom. The van der Waals surface area contributed by atoms with Gasteiger partial charge in [-0.3, -0.25) is 14.7 Å². The number of amides is 1. The maximum absolute atomic E-state index is 12.1. The van der Waals surface area contributed by atoms with Gasteiger partial charge in [0.1, 0.15) is 0 Å². The standard InChI is InChI=1S/C14H15N5O3S/c15-23(21,22)9-10-7-13(20)19(8-10)14-17-6-4-12(18-14)11-3-1-2-5-16-11/h1-6,10H,7-9H2,(H2,15,21,22). The molecule has 0 bridgehead atoms. The normalized spacial score (nSPS) is 18.4. The number of primary sulfonamides is 1. The lowest BCUT2D eigenvalue weighted by Crippen LogP contribution is -2.28. The van der Waals surface area contributed by atoms with E-state index in [0.29, 0.717) is 11.4 Å². The van der Waals surface area contributed by atoms with Crippen LogP contribution in [0.15, 0.2) is 36.7 Å². The summed E-state index contributed by atoms with van der Waals surface area (Å²) in [5.74, 6) is -0.540. The zero-order valence-corrected chi connectivity index (χ0v) is 13.0. The number of sulfonamides is 1. The zero-order chi connectivity index (χ0) is 16.4. The monoisotopic (exact) mass is 333 g/mol. The number of rotatable bonds is 4. The molecule has 1 amide bonds. The summed E-state index contributed by atoms with van der Waals surface area (Å²) < 4.78 is 22.4. The van der Waals surface area contributed by atoms with Gasteiger partial charge in [-0.05, 0) is 18.2 Å². The van der Waals surface area contributed by atoms with Crippen LogP contribution in [0.5, 0.6) is 0 Å². The fourth-order valence-corrected chi connectivity index (χ4v) is 3.43. The Morgan fingerprint density at radius 2 is 2.00 bits per heavy atom. The van der Waals surface area contributed by atoms with Gasteiger partial charge >= 0.3 is 0 Å². The quantitative estimate of drug-likeness (QED) is 0.852. The van der Waals surface area contributed by atoms with Gasteiger partial charge in [-0.25, -0.2) is 23.5 Å². The van der Waals surface area contributed by atoms with Crippen LogP contribution in [-0.4, -0.2) is 41.6 Å². The molecule has 2 aromatic heterocycles. The second-order valence-corrected chi connectivity index (χ2v) is 7.02. The van der Waals surface area contributed by atoms with E-state index in [-0.39, 0.29) is 36.5 Å². The number of nitrogens with two attached hydrogens (primary N) is 1. The molecule has 3 rings (SSSR count).